The van der Waals surface area contributed by atoms with Crippen molar-refractivity contribution in [2.24, 2.45) is 11.1 Å². The Kier molecular flexibility index (Phi) is 4.83. The number of methoxy groups -OCH3 is 1. The summed E-state index contributed by atoms with van der Waals surface area (Å²) >= 11 is 5.17. The average molecular weight is 306 g/mol. The van der Waals surface area contributed by atoms with Gasteiger partial charge in [0.25, 0.3) is 0 Å². The number of hydrogen-bond acceptors (Lipinski definition) is 3. The minimum atomic E-state index is -0.628. The highest BCUT2D eigenvalue weighted by atomic mass is 32.1. The SMILES string of the molecule is COc1ccc(CN(C)C(=O)C2(C(N)=S)CCCC2)cc1. The van der Waals surface area contributed by atoms with Gasteiger partial charge in [0, 0.05) is 13.6 Å². The summed E-state index contributed by atoms with van der Waals surface area (Å²) in [6, 6.07) is 7.72. The van der Waals surface area contributed by atoms with Crippen LogP contribution in [0.4, 0.5) is 0 Å². The van der Waals surface area contributed by atoms with E-state index < -0.39 is 5.41 Å². The number of nitrogens with two attached hydrogens (primary N) is 1. The highest BCUT2D eigenvalue weighted by Gasteiger charge is 2.45. The van der Waals surface area contributed by atoms with Gasteiger partial charge in [-0.2, -0.15) is 0 Å². The van der Waals surface area contributed by atoms with Crippen LogP contribution in [0.3, 0.4) is 0 Å². The summed E-state index contributed by atoms with van der Waals surface area (Å²) in [6.07, 6.45) is 3.57. The van der Waals surface area contributed by atoms with E-state index in [0.29, 0.717) is 11.5 Å². The van der Waals surface area contributed by atoms with Gasteiger partial charge in [-0.1, -0.05) is 37.2 Å². The molecule has 0 atom stereocenters. The Morgan fingerprint density at radius 2 is 1.90 bits per heavy atom. The van der Waals surface area contributed by atoms with Crippen molar-refractivity contribution in [3.8, 4) is 5.75 Å². The Morgan fingerprint density at radius 1 is 1.33 bits per heavy atom. The first-order valence-electron chi connectivity index (χ1n) is 7.18. The minimum absolute atomic E-state index is 0.0447. The number of benzene rings is 1. The zero-order valence-electron chi connectivity index (χ0n) is 12.6. The molecule has 0 aromatic heterocycles. The molecular weight excluding hydrogens is 284 g/mol. The second kappa shape index (κ2) is 6.43. The van der Waals surface area contributed by atoms with Gasteiger partial charge in [0.15, 0.2) is 0 Å². The zero-order chi connectivity index (χ0) is 15.5. The number of rotatable bonds is 5. The van der Waals surface area contributed by atoms with Gasteiger partial charge in [-0.3, -0.25) is 4.79 Å². The molecule has 1 aromatic carbocycles. The lowest BCUT2D eigenvalue weighted by molar-refractivity contribution is -0.137. The molecule has 21 heavy (non-hydrogen) atoms. The van der Waals surface area contributed by atoms with Crippen molar-refractivity contribution >= 4 is 23.1 Å². The first kappa shape index (κ1) is 15.8. The van der Waals surface area contributed by atoms with Gasteiger partial charge in [0.05, 0.1) is 17.5 Å². The molecule has 1 aliphatic rings. The van der Waals surface area contributed by atoms with E-state index in [0.717, 1.165) is 37.0 Å². The first-order valence-corrected chi connectivity index (χ1v) is 7.59. The van der Waals surface area contributed by atoms with Crippen LogP contribution in [0.1, 0.15) is 31.2 Å². The van der Waals surface area contributed by atoms with Crippen molar-refractivity contribution < 1.29 is 9.53 Å². The number of carbonyl (C=O) groups excluding carboxylic acids is 1. The summed E-state index contributed by atoms with van der Waals surface area (Å²) in [6.45, 7) is 0.549. The molecule has 0 heterocycles. The molecule has 1 aromatic rings. The molecule has 1 amide bonds. The number of thiocarbonyl (C=S) groups is 1. The third-order valence-electron chi connectivity index (χ3n) is 4.26. The van der Waals surface area contributed by atoms with Crippen LogP contribution in [0.5, 0.6) is 5.75 Å². The van der Waals surface area contributed by atoms with Gasteiger partial charge in [-0.05, 0) is 30.5 Å². The van der Waals surface area contributed by atoms with Crippen LogP contribution >= 0.6 is 12.2 Å². The van der Waals surface area contributed by atoms with Gasteiger partial charge in [0.1, 0.15) is 5.75 Å². The third-order valence-corrected chi connectivity index (χ3v) is 4.65. The molecule has 5 heteroatoms. The van der Waals surface area contributed by atoms with Crippen LogP contribution in [-0.4, -0.2) is 30.0 Å². The molecule has 1 fully saturated rings. The maximum absolute atomic E-state index is 12.8. The molecule has 0 radical (unpaired) electrons. The second-order valence-electron chi connectivity index (χ2n) is 5.66. The smallest absolute Gasteiger partial charge is 0.235 e. The third kappa shape index (κ3) is 3.18. The van der Waals surface area contributed by atoms with Crippen LogP contribution in [-0.2, 0) is 11.3 Å². The van der Waals surface area contributed by atoms with E-state index in [4.69, 9.17) is 22.7 Å². The molecule has 2 N–H and O–H groups in total. The highest BCUT2D eigenvalue weighted by Crippen LogP contribution is 2.40. The predicted molar refractivity (Wildman–Crippen MR) is 87.2 cm³/mol. The van der Waals surface area contributed by atoms with Gasteiger partial charge < -0.3 is 15.4 Å². The molecule has 0 saturated heterocycles. The van der Waals surface area contributed by atoms with E-state index in [1.165, 1.54) is 0 Å². The van der Waals surface area contributed by atoms with Gasteiger partial charge in [-0.15, -0.1) is 0 Å². The highest BCUT2D eigenvalue weighted by molar-refractivity contribution is 7.80. The number of hydrogen-bond donors (Lipinski definition) is 1. The minimum Gasteiger partial charge on any atom is -0.497 e. The molecule has 2 rings (SSSR count). The molecule has 0 bridgehead atoms. The normalized spacial score (nSPS) is 16.5. The summed E-state index contributed by atoms with van der Waals surface area (Å²) in [7, 11) is 3.45. The van der Waals surface area contributed by atoms with Crippen molar-refractivity contribution in [1.82, 2.24) is 4.90 Å². The average Bonchev–Trinajstić information content (AvgIpc) is 2.98. The Morgan fingerprint density at radius 3 is 2.38 bits per heavy atom. The standard InChI is InChI=1S/C16H22N2O2S/c1-18(11-12-5-7-13(20-2)8-6-12)15(19)16(14(17)21)9-3-4-10-16/h5-8H,3-4,9-11H2,1-2H3,(H2,17,21). The van der Waals surface area contributed by atoms with Crippen LogP contribution in [0, 0.1) is 5.41 Å². The van der Waals surface area contributed by atoms with Crippen molar-refractivity contribution in [1.29, 1.82) is 0 Å². The Labute approximate surface area is 131 Å². The Bertz CT molecular complexity index is 522. The Hall–Kier alpha value is -1.62. The van der Waals surface area contributed by atoms with E-state index >= 15 is 0 Å². The molecule has 0 aliphatic heterocycles. The topological polar surface area (TPSA) is 55.6 Å². The fourth-order valence-electron chi connectivity index (χ4n) is 2.99. The summed E-state index contributed by atoms with van der Waals surface area (Å²) in [4.78, 5) is 14.8. The second-order valence-corrected chi connectivity index (χ2v) is 6.10. The summed E-state index contributed by atoms with van der Waals surface area (Å²) in [5.74, 6) is 0.853. The lowest BCUT2D eigenvalue weighted by atomic mass is 9.84. The van der Waals surface area contributed by atoms with E-state index in [9.17, 15) is 4.79 Å². The number of ether oxygens (including phenoxy) is 1. The summed E-state index contributed by atoms with van der Waals surface area (Å²) < 4.78 is 5.14. The lowest BCUT2D eigenvalue weighted by Crippen LogP contribution is -2.47. The number of carbonyl (C=O) groups is 1. The molecule has 0 unspecified atom stereocenters. The maximum Gasteiger partial charge on any atom is 0.235 e. The molecule has 0 spiro atoms. The van der Waals surface area contributed by atoms with Crippen LogP contribution in [0.2, 0.25) is 0 Å². The van der Waals surface area contributed by atoms with E-state index in [-0.39, 0.29) is 5.91 Å². The summed E-state index contributed by atoms with van der Waals surface area (Å²) in [5.41, 5.74) is 6.30. The number of amides is 1. The quantitative estimate of drug-likeness (QED) is 0.849. The maximum atomic E-state index is 12.8. The van der Waals surface area contributed by atoms with Crippen molar-refractivity contribution in [3.63, 3.8) is 0 Å². The van der Waals surface area contributed by atoms with Crippen LogP contribution in [0.15, 0.2) is 24.3 Å². The molecule has 114 valence electrons. The van der Waals surface area contributed by atoms with E-state index in [2.05, 4.69) is 0 Å². The molecule has 1 aliphatic carbocycles. The Balaban J connectivity index is 2.09. The summed E-state index contributed by atoms with van der Waals surface area (Å²) in [5, 5.41) is 0. The lowest BCUT2D eigenvalue weighted by Gasteiger charge is -2.31. The molecule has 4 nitrogen and oxygen atoms in total. The monoisotopic (exact) mass is 306 g/mol. The van der Waals surface area contributed by atoms with Crippen LogP contribution < -0.4 is 10.5 Å². The van der Waals surface area contributed by atoms with Crippen molar-refractivity contribution in [2.45, 2.75) is 32.2 Å². The predicted octanol–water partition coefficient (Wildman–Crippen LogP) is 2.50. The zero-order valence-corrected chi connectivity index (χ0v) is 13.4. The first-order chi connectivity index (χ1) is 9.99. The molecular formula is C16H22N2O2S. The fraction of sp³-hybridized carbons (Fsp3) is 0.500. The van der Waals surface area contributed by atoms with Gasteiger partial charge in [0.2, 0.25) is 5.91 Å². The van der Waals surface area contributed by atoms with Crippen molar-refractivity contribution in [3.05, 3.63) is 29.8 Å². The fourth-order valence-corrected chi connectivity index (χ4v) is 3.28. The van der Waals surface area contributed by atoms with E-state index in [1.807, 2.05) is 31.3 Å². The van der Waals surface area contributed by atoms with Gasteiger partial charge in [-0.25, -0.2) is 0 Å². The largest absolute Gasteiger partial charge is 0.497 e. The van der Waals surface area contributed by atoms with Crippen molar-refractivity contribution in [2.75, 3.05) is 14.2 Å². The van der Waals surface area contributed by atoms with Gasteiger partial charge >= 0.3 is 0 Å². The van der Waals surface area contributed by atoms with E-state index in [1.54, 1.807) is 12.0 Å². The van der Waals surface area contributed by atoms with Crippen LogP contribution in [0.25, 0.3) is 0 Å². The number of nitrogens with zero attached hydrogens (tertiary/aromatic N) is 1. The molecule has 1 saturated carbocycles.